The Balaban J connectivity index is 0.000000230. The average Bonchev–Trinajstić information content (AvgIpc) is 3.13. The molecule has 1 amide bonds. The standard InChI is InChI=1S/C26H35N3O4.C21H27N3O2/c1-15(2)11-18(28-25(31)33-26(5,6)7)14-32-22-13-21-20(12-16(22)3)19-9-10-27-17(4)23(19)24(30)29(21)8;1-12(2)8-15(22)11-26-19-10-18-17(9-13(19)3)16-6-7-23-14(4)20(16)21(25)24(18)5/h9-10,12-13,15,18H,11,14H2,1-8H3,(H,28,31);6-7,9-10,12,15H,8,11,22H2,1-5H3/t18-;15-/m00/s1. The van der Waals surface area contributed by atoms with E-state index in [1.165, 1.54) is 0 Å². The van der Waals surface area contributed by atoms with Crippen LogP contribution in [0.1, 0.15) is 83.8 Å². The molecule has 2 atom stereocenters. The van der Waals surface area contributed by atoms with Crippen molar-refractivity contribution in [2.24, 2.45) is 31.7 Å². The van der Waals surface area contributed by atoms with Crippen LogP contribution in [0.2, 0.25) is 0 Å². The number of fused-ring (bicyclic) bond motifs is 6. The highest BCUT2D eigenvalue weighted by molar-refractivity contribution is 6.07. The van der Waals surface area contributed by atoms with Crippen LogP contribution < -0.4 is 31.6 Å². The molecule has 316 valence electrons. The molecule has 0 fully saturated rings. The monoisotopic (exact) mass is 806 g/mol. The summed E-state index contributed by atoms with van der Waals surface area (Å²) in [6.45, 7) is 22.5. The molecule has 0 spiro atoms. The smallest absolute Gasteiger partial charge is 0.407 e. The van der Waals surface area contributed by atoms with Gasteiger partial charge in [0.05, 0.1) is 39.2 Å². The molecular formula is C47H62N6O6. The number of pyridine rings is 4. The summed E-state index contributed by atoms with van der Waals surface area (Å²) in [7, 11) is 3.56. The lowest BCUT2D eigenvalue weighted by molar-refractivity contribution is 0.0480. The maximum atomic E-state index is 13.0. The fourth-order valence-corrected chi connectivity index (χ4v) is 7.60. The molecule has 0 aliphatic heterocycles. The fourth-order valence-electron chi connectivity index (χ4n) is 7.60. The van der Waals surface area contributed by atoms with Crippen LogP contribution in [-0.4, -0.2) is 56.1 Å². The van der Waals surface area contributed by atoms with E-state index in [0.717, 1.165) is 73.7 Å². The summed E-state index contributed by atoms with van der Waals surface area (Å²) >= 11 is 0. The lowest BCUT2D eigenvalue weighted by atomic mass is 10.0. The van der Waals surface area contributed by atoms with E-state index in [0.29, 0.717) is 41.6 Å². The van der Waals surface area contributed by atoms with Crippen molar-refractivity contribution in [3.05, 3.63) is 92.0 Å². The summed E-state index contributed by atoms with van der Waals surface area (Å²) in [5.74, 6) is 2.37. The van der Waals surface area contributed by atoms with Gasteiger partial charge in [-0.15, -0.1) is 0 Å². The summed E-state index contributed by atoms with van der Waals surface area (Å²) in [6.07, 6.45) is 4.70. The molecule has 0 saturated heterocycles. The summed E-state index contributed by atoms with van der Waals surface area (Å²) in [5.41, 5.74) is 10.6. The summed E-state index contributed by atoms with van der Waals surface area (Å²) in [5, 5.41) is 8.08. The Hall–Kier alpha value is -5.49. The molecule has 0 radical (unpaired) electrons. The number of amides is 1. The van der Waals surface area contributed by atoms with Gasteiger partial charge in [0.15, 0.2) is 0 Å². The molecule has 0 bridgehead atoms. The van der Waals surface area contributed by atoms with Crippen molar-refractivity contribution < 1.29 is 19.0 Å². The third kappa shape index (κ3) is 10.4. The molecule has 12 heteroatoms. The van der Waals surface area contributed by atoms with Gasteiger partial charge in [-0.25, -0.2) is 4.79 Å². The zero-order valence-electron chi connectivity index (χ0n) is 37.1. The molecule has 0 unspecified atom stereocenters. The Morgan fingerprint density at radius 2 is 1.15 bits per heavy atom. The highest BCUT2D eigenvalue weighted by Gasteiger charge is 2.22. The molecule has 0 saturated carbocycles. The summed E-state index contributed by atoms with van der Waals surface area (Å²) in [6, 6.07) is 11.6. The first-order chi connectivity index (χ1) is 27.7. The van der Waals surface area contributed by atoms with E-state index in [4.69, 9.17) is 19.9 Å². The van der Waals surface area contributed by atoms with Crippen molar-refractivity contribution in [3.63, 3.8) is 0 Å². The van der Waals surface area contributed by atoms with Gasteiger partial charge in [0.25, 0.3) is 11.1 Å². The van der Waals surface area contributed by atoms with Crippen LogP contribution in [0.15, 0.2) is 58.4 Å². The van der Waals surface area contributed by atoms with Crippen LogP contribution >= 0.6 is 0 Å². The SMILES string of the molecule is Cc1cc2c3ccnc(C)c3c(=O)n(C)c2cc1OC[C@@H](N)CC(C)C.Cc1cc2c3ccnc(C)c3c(=O)n(C)c2cc1OC[C@H](CC(C)C)NC(=O)OC(C)(C)C. The number of nitrogens with two attached hydrogens (primary N) is 1. The first-order valence-electron chi connectivity index (χ1n) is 20.4. The molecule has 59 heavy (non-hydrogen) atoms. The highest BCUT2D eigenvalue weighted by atomic mass is 16.6. The number of rotatable bonds is 11. The zero-order valence-corrected chi connectivity index (χ0v) is 37.1. The Labute approximate surface area is 347 Å². The highest BCUT2D eigenvalue weighted by Crippen LogP contribution is 2.32. The second-order valence-corrected chi connectivity index (χ2v) is 17.6. The molecule has 12 nitrogen and oxygen atoms in total. The van der Waals surface area contributed by atoms with E-state index in [1.807, 2.05) is 78.8 Å². The largest absolute Gasteiger partial charge is 0.492 e. The second kappa shape index (κ2) is 18.2. The Kier molecular flexibility index (Phi) is 13.8. The topological polar surface area (TPSA) is 153 Å². The third-order valence-electron chi connectivity index (χ3n) is 10.4. The van der Waals surface area contributed by atoms with Crippen LogP contribution in [0, 0.1) is 39.5 Å². The Bertz CT molecular complexity index is 2620. The lowest BCUT2D eigenvalue weighted by Crippen LogP contribution is -2.42. The molecule has 6 rings (SSSR count). The summed E-state index contributed by atoms with van der Waals surface area (Å²) in [4.78, 5) is 46.7. The molecular weight excluding hydrogens is 745 g/mol. The van der Waals surface area contributed by atoms with Gasteiger partial charge in [0, 0.05) is 55.4 Å². The van der Waals surface area contributed by atoms with Gasteiger partial charge in [0.1, 0.15) is 30.3 Å². The Morgan fingerprint density at radius 3 is 1.58 bits per heavy atom. The van der Waals surface area contributed by atoms with Crippen molar-refractivity contribution in [2.45, 2.75) is 107 Å². The number of alkyl carbamates (subject to hydrolysis) is 1. The van der Waals surface area contributed by atoms with Crippen LogP contribution in [0.3, 0.4) is 0 Å². The minimum absolute atomic E-state index is 0.000700. The molecule has 3 N–H and O–H groups in total. The number of benzene rings is 2. The van der Waals surface area contributed by atoms with Gasteiger partial charge in [-0.05, 0) is 119 Å². The molecule has 4 aromatic heterocycles. The molecule has 4 heterocycles. The number of carbonyl (C=O) groups is 1. The first-order valence-corrected chi connectivity index (χ1v) is 20.4. The second-order valence-electron chi connectivity index (χ2n) is 17.6. The van der Waals surface area contributed by atoms with Crippen molar-refractivity contribution in [2.75, 3.05) is 13.2 Å². The third-order valence-corrected chi connectivity index (χ3v) is 10.4. The number of aryl methyl sites for hydroxylation is 6. The van der Waals surface area contributed by atoms with Crippen LogP contribution in [-0.2, 0) is 18.8 Å². The maximum Gasteiger partial charge on any atom is 0.407 e. The molecule has 0 aliphatic carbocycles. The number of hydrogen-bond donors (Lipinski definition) is 2. The van der Waals surface area contributed by atoms with Gasteiger partial charge >= 0.3 is 6.09 Å². The van der Waals surface area contributed by atoms with Crippen molar-refractivity contribution in [3.8, 4) is 11.5 Å². The van der Waals surface area contributed by atoms with E-state index >= 15 is 0 Å². The molecule has 2 aromatic carbocycles. The number of aromatic nitrogens is 4. The van der Waals surface area contributed by atoms with E-state index in [-0.39, 0.29) is 23.2 Å². The van der Waals surface area contributed by atoms with Crippen LogP contribution in [0.25, 0.3) is 43.4 Å². The van der Waals surface area contributed by atoms with Gasteiger partial charge in [-0.2, -0.15) is 0 Å². The van der Waals surface area contributed by atoms with Crippen molar-refractivity contribution >= 4 is 49.4 Å². The normalized spacial score (nSPS) is 12.9. The van der Waals surface area contributed by atoms with Crippen LogP contribution in [0.4, 0.5) is 4.79 Å². The van der Waals surface area contributed by atoms with E-state index < -0.39 is 11.7 Å². The number of hydrogen-bond acceptors (Lipinski definition) is 9. The average molecular weight is 807 g/mol. The predicted octanol–water partition coefficient (Wildman–Crippen LogP) is 8.48. The van der Waals surface area contributed by atoms with Gasteiger partial charge in [-0.3, -0.25) is 19.6 Å². The summed E-state index contributed by atoms with van der Waals surface area (Å²) < 4.78 is 20.9. The van der Waals surface area contributed by atoms with Crippen molar-refractivity contribution in [1.82, 2.24) is 24.4 Å². The minimum atomic E-state index is -0.566. The van der Waals surface area contributed by atoms with Gasteiger partial charge in [-0.1, -0.05) is 27.7 Å². The number of nitrogens with one attached hydrogen (secondary N) is 1. The predicted molar refractivity (Wildman–Crippen MR) is 239 cm³/mol. The molecule has 0 aliphatic rings. The number of ether oxygens (including phenoxy) is 3. The van der Waals surface area contributed by atoms with Gasteiger partial charge in [0.2, 0.25) is 0 Å². The molecule has 6 aromatic rings. The maximum absolute atomic E-state index is 13.0. The van der Waals surface area contributed by atoms with Crippen LogP contribution in [0.5, 0.6) is 11.5 Å². The number of nitrogens with zero attached hydrogens (tertiary/aromatic N) is 4. The van der Waals surface area contributed by atoms with Crippen molar-refractivity contribution in [1.29, 1.82) is 0 Å². The van der Waals surface area contributed by atoms with E-state index in [2.05, 4.69) is 49.0 Å². The lowest BCUT2D eigenvalue weighted by Gasteiger charge is -2.25. The zero-order chi connectivity index (χ0) is 43.5. The number of carbonyl (C=O) groups excluding carboxylic acids is 1. The Morgan fingerprint density at radius 1 is 0.712 bits per heavy atom. The van der Waals surface area contributed by atoms with E-state index in [1.54, 1.807) is 35.6 Å². The fraction of sp³-hybridized carbons (Fsp3) is 0.468. The quantitative estimate of drug-likeness (QED) is 0.123. The first kappa shape index (κ1) is 44.6. The van der Waals surface area contributed by atoms with E-state index in [9.17, 15) is 14.4 Å². The minimum Gasteiger partial charge on any atom is -0.492 e. The van der Waals surface area contributed by atoms with Gasteiger partial charge < -0.3 is 34.4 Å².